The fourth-order valence-corrected chi connectivity index (χ4v) is 1.50. The Bertz CT molecular complexity index is 427. The molecular weight excluding hydrogens is 270 g/mol. The van der Waals surface area contributed by atoms with Crippen LogP contribution >= 0.6 is 34.8 Å². The van der Waals surface area contributed by atoms with E-state index in [0.29, 0.717) is 20.8 Å². The molecule has 16 heavy (non-hydrogen) atoms. The lowest BCUT2D eigenvalue weighted by atomic mass is 10.1. The van der Waals surface area contributed by atoms with Crippen LogP contribution in [0.4, 0.5) is 5.69 Å². The zero-order valence-electron chi connectivity index (χ0n) is 8.77. The van der Waals surface area contributed by atoms with Crippen molar-refractivity contribution in [3.05, 3.63) is 27.2 Å². The first-order chi connectivity index (χ1) is 7.21. The van der Waals surface area contributed by atoms with Crippen molar-refractivity contribution in [1.29, 1.82) is 0 Å². The summed E-state index contributed by atoms with van der Waals surface area (Å²) in [5.74, 6) is -0.354. The number of amides is 1. The molecule has 0 heterocycles. The van der Waals surface area contributed by atoms with Crippen LogP contribution in [0.3, 0.4) is 0 Å². The predicted octanol–water partition coefficient (Wildman–Crippen LogP) is 3.32. The van der Waals surface area contributed by atoms with Gasteiger partial charge in [-0.15, -0.1) is 0 Å². The van der Waals surface area contributed by atoms with Gasteiger partial charge in [0.2, 0.25) is 5.91 Å². The zero-order chi connectivity index (χ0) is 12.5. The monoisotopic (exact) mass is 280 g/mol. The fraction of sp³-hybridized carbons (Fsp3) is 0.300. The van der Waals surface area contributed by atoms with Gasteiger partial charge in [-0.3, -0.25) is 4.79 Å². The van der Waals surface area contributed by atoms with Crippen molar-refractivity contribution in [3.63, 3.8) is 0 Å². The lowest BCUT2D eigenvalue weighted by molar-refractivity contribution is -0.120. The van der Waals surface area contributed by atoms with Gasteiger partial charge in [-0.2, -0.15) is 0 Å². The third-order valence-electron chi connectivity index (χ3n) is 1.84. The number of anilines is 1. The molecule has 0 saturated carbocycles. The number of carbonyl (C=O) groups is 1. The minimum absolute atomic E-state index is 0.312. The number of hydrogen-bond donors (Lipinski definition) is 2. The molecule has 1 rings (SSSR count). The van der Waals surface area contributed by atoms with Gasteiger partial charge in [0.15, 0.2) is 0 Å². The van der Waals surface area contributed by atoms with E-state index in [0.717, 1.165) is 0 Å². The number of halogens is 3. The highest BCUT2D eigenvalue weighted by Gasteiger charge is 2.22. The summed E-state index contributed by atoms with van der Waals surface area (Å²) in [4.78, 5) is 11.6. The smallest absolute Gasteiger partial charge is 0.243 e. The van der Waals surface area contributed by atoms with Gasteiger partial charge in [-0.25, -0.2) is 0 Å². The molecule has 0 aliphatic rings. The Hall–Kier alpha value is -0.480. The minimum Gasteiger partial charge on any atom is -0.323 e. The van der Waals surface area contributed by atoms with Gasteiger partial charge >= 0.3 is 0 Å². The van der Waals surface area contributed by atoms with Gasteiger partial charge < -0.3 is 11.1 Å². The maximum absolute atomic E-state index is 11.6. The standard InChI is InChI=1S/C10H11Cl3N2O/c1-10(2,14)9(16)15-8-4-6(12)5(11)3-7(8)13/h3-4H,14H2,1-2H3,(H,15,16). The Morgan fingerprint density at radius 2 is 1.69 bits per heavy atom. The Kier molecular flexibility index (Phi) is 4.07. The summed E-state index contributed by atoms with van der Waals surface area (Å²) in [5, 5.41) is 3.54. The van der Waals surface area contributed by atoms with Crippen LogP contribution in [0.15, 0.2) is 12.1 Å². The molecule has 0 atom stereocenters. The number of benzene rings is 1. The maximum Gasteiger partial charge on any atom is 0.243 e. The molecule has 1 amide bonds. The zero-order valence-corrected chi connectivity index (χ0v) is 11.0. The fourth-order valence-electron chi connectivity index (χ4n) is 0.902. The molecule has 0 unspecified atom stereocenters. The van der Waals surface area contributed by atoms with E-state index in [-0.39, 0.29) is 5.91 Å². The van der Waals surface area contributed by atoms with Crippen molar-refractivity contribution < 1.29 is 4.79 Å². The molecule has 0 saturated heterocycles. The van der Waals surface area contributed by atoms with Crippen LogP contribution in [0.5, 0.6) is 0 Å². The molecule has 3 nitrogen and oxygen atoms in total. The van der Waals surface area contributed by atoms with Gasteiger partial charge in [0.25, 0.3) is 0 Å². The Labute approximate surface area is 109 Å². The molecule has 0 aromatic heterocycles. The van der Waals surface area contributed by atoms with Gasteiger partial charge in [-0.05, 0) is 26.0 Å². The number of carbonyl (C=O) groups excluding carboxylic acids is 1. The summed E-state index contributed by atoms with van der Waals surface area (Å²) >= 11 is 17.5. The average molecular weight is 282 g/mol. The second-order valence-electron chi connectivity index (χ2n) is 3.92. The summed E-state index contributed by atoms with van der Waals surface area (Å²) in [6.45, 7) is 3.18. The van der Waals surface area contributed by atoms with E-state index >= 15 is 0 Å². The molecule has 0 fully saturated rings. The highest BCUT2D eigenvalue weighted by atomic mass is 35.5. The molecule has 88 valence electrons. The molecule has 0 radical (unpaired) electrons. The third kappa shape index (κ3) is 3.25. The Balaban J connectivity index is 2.99. The number of hydrogen-bond acceptors (Lipinski definition) is 2. The molecule has 0 bridgehead atoms. The third-order valence-corrected chi connectivity index (χ3v) is 2.88. The van der Waals surface area contributed by atoms with Crippen molar-refractivity contribution in [2.45, 2.75) is 19.4 Å². The van der Waals surface area contributed by atoms with Gasteiger partial charge in [0.05, 0.1) is 26.3 Å². The molecular formula is C10H11Cl3N2O. The van der Waals surface area contributed by atoms with Gasteiger partial charge in [-0.1, -0.05) is 34.8 Å². The first-order valence-corrected chi connectivity index (χ1v) is 5.60. The quantitative estimate of drug-likeness (QED) is 0.817. The van der Waals surface area contributed by atoms with Crippen LogP contribution in [-0.2, 0) is 4.79 Å². The molecule has 0 spiro atoms. The van der Waals surface area contributed by atoms with Crippen molar-refractivity contribution >= 4 is 46.4 Å². The summed E-state index contributed by atoms with van der Waals surface area (Å²) in [7, 11) is 0. The predicted molar refractivity (Wildman–Crippen MR) is 68.4 cm³/mol. The lowest BCUT2D eigenvalue weighted by Gasteiger charge is -2.18. The molecule has 6 heteroatoms. The van der Waals surface area contributed by atoms with E-state index < -0.39 is 5.54 Å². The molecule has 0 aliphatic carbocycles. The summed E-state index contributed by atoms with van der Waals surface area (Å²) < 4.78 is 0. The van der Waals surface area contributed by atoms with Crippen LogP contribution in [0.25, 0.3) is 0 Å². The van der Waals surface area contributed by atoms with Gasteiger partial charge in [0, 0.05) is 0 Å². The highest BCUT2D eigenvalue weighted by Crippen LogP contribution is 2.32. The Morgan fingerprint density at radius 1 is 1.19 bits per heavy atom. The maximum atomic E-state index is 11.6. The van der Waals surface area contributed by atoms with Crippen LogP contribution in [0.2, 0.25) is 15.1 Å². The normalized spacial score (nSPS) is 11.4. The van der Waals surface area contributed by atoms with E-state index in [4.69, 9.17) is 40.5 Å². The summed E-state index contributed by atoms with van der Waals surface area (Å²) in [5.41, 5.74) is 5.03. The van der Waals surface area contributed by atoms with Crippen LogP contribution in [-0.4, -0.2) is 11.4 Å². The van der Waals surface area contributed by atoms with E-state index in [9.17, 15) is 4.79 Å². The van der Waals surface area contributed by atoms with Crippen LogP contribution < -0.4 is 11.1 Å². The molecule has 1 aromatic rings. The van der Waals surface area contributed by atoms with E-state index in [1.165, 1.54) is 12.1 Å². The number of nitrogens with one attached hydrogen (secondary N) is 1. The molecule has 1 aromatic carbocycles. The topological polar surface area (TPSA) is 55.1 Å². The SMILES string of the molecule is CC(C)(N)C(=O)Nc1cc(Cl)c(Cl)cc1Cl. The van der Waals surface area contributed by atoms with Crippen LogP contribution in [0, 0.1) is 0 Å². The van der Waals surface area contributed by atoms with Crippen LogP contribution in [0.1, 0.15) is 13.8 Å². The minimum atomic E-state index is -0.991. The first kappa shape index (κ1) is 13.6. The van der Waals surface area contributed by atoms with Crippen molar-refractivity contribution in [2.75, 3.05) is 5.32 Å². The van der Waals surface area contributed by atoms with E-state index in [2.05, 4.69) is 5.32 Å². The molecule has 0 aliphatic heterocycles. The van der Waals surface area contributed by atoms with Crippen molar-refractivity contribution in [3.8, 4) is 0 Å². The van der Waals surface area contributed by atoms with E-state index in [1.54, 1.807) is 13.8 Å². The Morgan fingerprint density at radius 3 is 2.19 bits per heavy atom. The number of nitrogens with two attached hydrogens (primary N) is 1. The highest BCUT2D eigenvalue weighted by molar-refractivity contribution is 6.44. The first-order valence-electron chi connectivity index (χ1n) is 4.46. The van der Waals surface area contributed by atoms with Crippen molar-refractivity contribution in [1.82, 2.24) is 0 Å². The van der Waals surface area contributed by atoms with Gasteiger partial charge in [0.1, 0.15) is 0 Å². The molecule has 3 N–H and O–H groups in total. The summed E-state index contributed by atoms with van der Waals surface area (Å²) in [6, 6.07) is 2.94. The largest absolute Gasteiger partial charge is 0.323 e. The van der Waals surface area contributed by atoms with Crippen molar-refractivity contribution in [2.24, 2.45) is 5.73 Å². The lowest BCUT2D eigenvalue weighted by Crippen LogP contribution is -2.45. The number of rotatable bonds is 2. The second-order valence-corrected chi connectivity index (χ2v) is 5.14. The second kappa shape index (κ2) is 4.80. The average Bonchev–Trinajstić information content (AvgIpc) is 2.12. The summed E-state index contributed by atoms with van der Waals surface area (Å²) in [6.07, 6.45) is 0. The van der Waals surface area contributed by atoms with E-state index in [1.807, 2.05) is 0 Å².